The first-order valence-corrected chi connectivity index (χ1v) is 8.11. The van der Waals surface area contributed by atoms with Crippen LogP contribution in [-0.4, -0.2) is 48.2 Å². The van der Waals surface area contributed by atoms with E-state index in [0.717, 1.165) is 35.7 Å². The smallest absolute Gasteiger partial charge is 0.168 e. The third-order valence-electron chi connectivity index (χ3n) is 4.32. The maximum Gasteiger partial charge on any atom is 0.168 e. The summed E-state index contributed by atoms with van der Waals surface area (Å²) in [6.45, 7) is 3.66. The van der Waals surface area contributed by atoms with E-state index < -0.39 is 0 Å². The van der Waals surface area contributed by atoms with Gasteiger partial charge < -0.3 is 9.47 Å². The number of nitrogens with zero attached hydrogens (tertiary/aromatic N) is 3. The molecule has 5 heteroatoms. The molecule has 0 bridgehead atoms. The molecule has 0 saturated heterocycles. The Morgan fingerprint density at radius 2 is 2.21 bits per heavy atom. The third-order valence-corrected chi connectivity index (χ3v) is 4.32. The molecule has 2 aromatic rings. The average molecular weight is 325 g/mol. The molecule has 5 nitrogen and oxygen atoms in total. The van der Waals surface area contributed by atoms with E-state index in [9.17, 15) is 0 Å². The number of ether oxygens (including phenoxy) is 2. The van der Waals surface area contributed by atoms with Gasteiger partial charge in [-0.1, -0.05) is 12.1 Å². The number of hydrogen-bond donors (Lipinski definition) is 0. The van der Waals surface area contributed by atoms with Gasteiger partial charge in [-0.25, -0.2) is 0 Å². The van der Waals surface area contributed by atoms with Gasteiger partial charge in [0, 0.05) is 43.2 Å². The van der Waals surface area contributed by atoms with Gasteiger partial charge in [-0.05, 0) is 31.7 Å². The average Bonchev–Trinajstić information content (AvgIpc) is 2.61. The molecule has 24 heavy (non-hydrogen) atoms. The minimum absolute atomic E-state index is 0.370. The summed E-state index contributed by atoms with van der Waals surface area (Å²) in [5.74, 6) is 1.62. The van der Waals surface area contributed by atoms with Crippen molar-refractivity contribution in [1.29, 1.82) is 0 Å². The summed E-state index contributed by atoms with van der Waals surface area (Å²) in [6.07, 6.45) is 8.35. The molecular formula is C19H23N3O2. The van der Waals surface area contributed by atoms with Gasteiger partial charge in [-0.2, -0.15) is 0 Å². The van der Waals surface area contributed by atoms with Gasteiger partial charge in [-0.3, -0.25) is 14.9 Å². The lowest BCUT2D eigenvalue weighted by molar-refractivity contribution is 0.254. The van der Waals surface area contributed by atoms with Gasteiger partial charge in [0.05, 0.1) is 12.8 Å². The quantitative estimate of drug-likeness (QED) is 0.817. The third kappa shape index (κ3) is 3.74. The van der Waals surface area contributed by atoms with E-state index in [-0.39, 0.29) is 0 Å². The molecule has 1 aliphatic heterocycles. The van der Waals surface area contributed by atoms with Crippen molar-refractivity contribution >= 4 is 6.08 Å². The second-order valence-corrected chi connectivity index (χ2v) is 6.13. The van der Waals surface area contributed by atoms with Gasteiger partial charge in [0.1, 0.15) is 6.61 Å². The summed E-state index contributed by atoms with van der Waals surface area (Å²) in [7, 11) is 3.79. The summed E-state index contributed by atoms with van der Waals surface area (Å²) in [5.41, 5.74) is 3.34. The predicted molar refractivity (Wildman–Crippen MR) is 94.3 cm³/mol. The minimum Gasteiger partial charge on any atom is -0.493 e. The number of fused-ring (bicyclic) bond motifs is 1. The number of para-hydroxylation sites is 1. The highest BCUT2D eigenvalue weighted by Crippen LogP contribution is 2.35. The Hall–Kier alpha value is -2.40. The molecule has 0 spiro atoms. The first kappa shape index (κ1) is 16.5. The van der Waals surface area contributed by atoms with Crippen LogP contribution in [0.5, 0.6) is 11.5 Å². The fourth-order valence-electron chi connectivity index (χ4n) is 2.85. The zero-order chi connectivity index (χ0) is 16.9. The predicted octanol–water partition coefficient (Wildman–Crippen LogP) is 2.82. The number of benzene rings is 1. The topological polar surface area (TPSA) is 47.5 Å². The fourth-order valence-corrected chi connectivity index (χ4v) is 2.85. The lowest BCUT2D eigenvalue weighted by Gasteiger charge is -2.27. The van der Waals surface area contributed by atoms with Crippen molar-refractivity contribution in [1.82, 2.24) is 14.9 Å². The largest absolute Gasteiger partial charge is 0.493 e. The Morgan fingerprint density at radius 1 is 1.33 bits per heavy atom. The SMILES string of the molecule is COc1cccc2c1OCC(CN(C)[C@H](C)Cc1cnccn1)=C2. The van der Waals surface area contributed by atoms with Gasteiger partial charge in [0.2, 0.25) is 0 Å². The van der Waals surface area contributed by atoms with Crippen LogP contribution in [0.15, 0.2) is 42.4 Å². The zero-order valence-electron chi connectivity index (χ0n) is 14.4. The monoisotopic (exact) mass is 325 g/mol. The molecule has 0 amide bonds. The molecule has 0 saturated carbocycles. The van der Waals surface area contributed by atoms with Crippen molar-refractivity contribution in [2.24, 2.45) is 0 Å². The number of hydrogen-bond acceptors (Lipinski definition) is 5. The Kier molecular flexibility index (Phi) is 5.11. The van der Waals surface area contributed by atoms with Crippen molar-refractivity contribution in [2.75, 3.05) is 27.3 Å². The van der Waals surface area contributed by atoms with Gasteiger partial charge in [-0.15, -0.1) is 0 Å². The summed E-state index contributed by atoms with van der Waals surface area (Å²) >= 11 is 0. The lowest BCUT2D eigenvalue weighted by Crippen LogP contribution is -2.34. The Bertz CT molecular complexity index is 716. The van der Waals surface area contributed by atoms with Crippen LogP contribution in [-0.2, 0) is 6.42 Å². The van der Waals surface area contributed by atoms with E-state index in [0.29, 0.717) is 12.6 Å². The van der Waals surface area contributed by atoms with Crippen molar-refractivity contribution < 1.29 is 9.47 Å². The first-order chi connectivity index (χ1) is 11.7. The molecule has 2 heterocycles. The molecular weight excluding hydrogens is 302 g/mol. The molecule has 0 fully saturated rings. The van der Waals surface area contributed by atoms with E-state index in [1.54, 1.807) is 19.5 Å². The van der Waals surface area contributed by atoms with Crippen LogP contribution in [0, 0.1) is 0 Å². The van der Waals surface area contributed by atoms with E-state index >= 15 is 0 Å². The van der Waals surface area contributed by atoms with E-state index in [1.165, 1.54) is 5.57 Å². The highest BCUT2D eigenvalue weighted by molar-refractivity contribution is 5.66. The second kappa shape index (κ2) is 7.45. The van der Waals surface area contributed by atoms with Crippen LogP contribution < -0.4 is 9.47 Å². The van der Waals surface area contributed by atoms with Crippen molar-refractivity contribution in [2.45, 2.75) is 19.4 Å². The normalized spacial score (nSPS) is 14.6. The van der Waals surface area contributed by atoms with Gasteiger partial charge >= 0.3 is 0 Å². The molecule has 1 aliphatic rings. The summed E-state index contributed by atoms with van der Waals surface area (Å²) in [4.78, 5) is 10.8. The van der Waals surface area contributed by atoms with Crippen molar-refractivity contribution in [3.8, 4) is 11.5 Å². The van der Waals surface area contributed by atoms with Gasteiger partial charge in [0.15, 0.2) is 11.5 Å². The van der Waals surface area contributed by atoms with Crippen LogP contribution in [0.4, 0.5) is 0 Å². The highest BCUT2D eigenvalue weighted by Gasteiger charge is 2.18. The molecule has 0 N–H and O–H groups in total. The number of rotatable bonds is 6. The van der Waals surface area contributed by atoms with E-state index in [4.69, 9.17) is 9.47 Å². The van der Waals surface area contributed by atoms with E-state index in [1.807, 2.05) is 18.3 Å². The maximum atomic E-state index is 5.91. The minimum atomic E-state index is 0.370. The molecule has 0 unspecified atom stereocenters. The number of likely N-dealkylation sites (N-methyl/N-ethyl adjacent to an activating group) is 1. The Balaban J connectivity index is 1.66. The van der Waals surface area contributed by atoms with Crippen molar-refractivity contribution in [3.63, 3.8) is 0 Å². The van der Waals surface area contributed by atoms with Crippen LogP contribution >= 0.6 is 0 Å². The standard InChI is InChI=1S/C19H23N3O2/c1-14(9-17-11-20-7-8-21-17)22(2)12-15-10-16-5-4-6-18(23-3)19(16)24-13-15/h4-8,10-11,14H,9,12-13H2,1-3H3/t14-/m1/s1. The molecule has 1 aromatic carbocycles. The molecule has 1 aromatic heterocycles. The first-order valence-electron chi connectivity index (χ1n) is 8.11. The Labute approximate surface area is 143 Å². The van der Waals surface area contributed by atoms with E-state index in [2.05, 4.69) is 41.0 Å². The zero-order valence-corrected chi connectivity index (χ0v) is 14.4. The fraction of sp³-hybridized carbons (Fsp3) is 0.368. The van der Waals surface area contributed by atoms with Crippen LogP contribution in [0.3, 0.4) is 0 Å². The molecule has 1 atom stereocenters. The summed E-state index contributed by atoms with van der Waals surface area (Å²) < 4.78 is 11.3. The van der Waals surface area contributed by atoms with Crippen LogP contribution in [0.1, 0.15) is 18.2 Å². The number of methoxy groups -OCH3 is 1. The lowest BCUT2D eigenvalue weighted by atomic mass is 10.1. The summed E-state index contributed by atoms with van der Waals surface area (Å²) in [6, 6.07) is 6.34. The molecule has 126 valence electrons. The Morgan fingerprint density at radius 3 is 2.96 bits per heavy atom. The van der Waals surface area contributed by atoms with Gasteiger partial charge in [0.25, 0.3) is 0 Å². The second-order valence-electron chi connectivity index (χ2n) is 6.13. The maximum absolute atomic E-state index is 5.91. The molecule has 0 aliphatic carbocycles. The van der Waals surface area contributed by atoms with Crippen molar-refractivity contribution in [3.05, 3.63) is 53.6 Å². The van der Waals surface area contributed by atoms with Crippen LogP contribution in [0.25, 0.3) is 6.08 Å². The number of aromatic nitrogens is 2. The summed E-state index contributed by atoms with van der Waals surface area (Å²) in [5, 5.41) is 0. The highest BCUT2D eigenvalue weighted by atomic mass is 16.5. The van der Waals surface area contributed by atoms with Crippen LogP contribution in [0.2, 0.25) is 0 Å². The molecule has 3 rings (SSSR count). The molecule has 0 radical (unpaired) electrons.